The van der Waals surface area contributed by atoms with E-state index in [2.05, 4.69) is 72.8 Å². The van der Waals surface area contributed by atoms with Crippen LogP contribution in [0.4, 0.5) is 0 Å². The van der Waals surface area contributed by atoms with Crippen LogP contribution in [0.25, 0.3) is 0 Å². The molecular formula is C28H26O3P+. The van der Waals surface area contributed by atoms with E-state index in [1.807, 2.05) is 24.3 Å². The van der Waals surface area contributed by atoms with Gasteiger partial charge < -0.3 is 9.84 Å². The van der Waals surface area contributed by atoms with Gasteiger partial charge in [0, 0.05) is 0 Å². The average Bonchev–Trinajstić information content (AvgIpc) is 2.88. The van der Waals surface area contributed by atoms with Gasteiger partial charge in [-0.1, -0.05) is 66.7 Å². The molecule has 0 aliphatic carbocycles. The molecule has 0 fully saturated rings. The van der Waals surface area contributed by atoms with Gasteiger partial charge in [-0.2, -0.15) is 0 Å². The lowest BCUT2D eigenvalue weighted by Crippen LogP contribution is -2.38. The third kappa shape index (κ3) is 4.65. The van der Waals surface area contributed by atoms with Gasteiger partial charge in [0.05, 0.1) is 5.56 Å². The van der Waals surface area contributed by atoms with Gasteiger partial charge >= 0.3 is 0 Å². The van der Waals surface area contributed by atoms with Crippen LogP contribution in [0, 0.1) is 0 Å². The summed E-state index contributed by atoms with van der Waals surface area (Å²) < 4.78 is 5.88. The maximum Gasteiger partial charge on any atom is 0.153 e. The lowest BCUT2D eigenvalue weighted by Gasteiger charge is -2.29. The first-order chi connectivity index (χ1) is 15.7. The molecule has 0 aliphatic rings. The van der Waals surface area contributed by atoms with Crippen LogP contribution in [-0.4, -0.2) is 30.3 Å². The van der Waals surface area contributed by atoms with Gasteiger partial charge in [0.25, 0.3) is 0 Å². The predicted molar refractivity (Wildman–Crippen MR) is 133 cm³/mol. The molecule has 4 heteroatoms. The molecule has 160 valence electrons. The highest BCUT2D eigenvalue weighted by molar-refractivity contribution is 7.95. The Kier molecular flexibility index (Phi) is 7.11. The molecule has 0 bridgehead atoms. The number of hydrogen-bond acceptors (Lipinski definition) is 3. The van der Waals surface area contributed by atoms with E-state index >= 15 is 0 Å². The molecule has 4 aromatic rings. The molecule has 1 N–H and O–H groups in total. The number of ether oxygens (including phenoxy) is 1. The smallest absolute Gasteiger partial charge is 0.153 e. The number of aldehydes is 1. The summed E-state index contributed by atoms with van der Waals surface area (Å²) >= 11 is 0. The summed E-state index contributed by atoms with van der Waals surface area (Å²) in [5, 5.41) is 14.8. The van der Waals surface area contributed by atoms with E-state index in [9.17, 15) is 9.90 Å². The molecule has 0 radical (unpaired) electrons. The molecule has 0 heterocycles. The molecule has 0 aliphatic heterocycles. The second-order valence-corrected chi connectivity index (χ2v) is 11.2. The van der Waals surface area contributed by atoms with Gasteiger partial charge in [0.2, 0.25) is 0 Å². The first-order valence-electron chi connectivity index (χ1n) is 10.6. The number of carbonyl (C=O) groups excluding carboxylic acids is 1. The van der Waals surface area contributed by atoms with Crippen molar-refractivity contribution in [3.63, 3.8) is 0 Å². The summed E-state index contributed by atoms with van der Waals surface area (Å²) in [5.41, 5.74) is 0.481. The maximum atomic E-state index is 11.3. The summed E-state index contributed by atoms with van der Waals surface area (Å²) in [5.74, 6) is 0.490. The fraction of sp³-hybridized carbons (Fsp3) is 0.107. The van der Waals surface area contributed by atoms with Crippen LogP contribution in [0.5, 0.6) is 5.75 Å². The standard InChI is InChI=1S/C28H26O3P/c29-20-23-12-10-11-19-28(23)31-21-24(30)22-32(25-13-4-1-5-14-25,26-15-6-2-7-16-26)27-17-8-3-9-18-27/h1-20,24,30H,21-22H2/q+1. The molecule has 32 heavy (non-hydrogen) atoms. The van der Waals surface area contributed by atoms with Gasteiger partial charge in [-0.15, -0.1) is 0 Å². The Balaban J connectivity index is 1.73. The Bertz CT molecular complexity index is 1030. The summed E-state index contributed by atoms with van der Waals surface area (Å²) in [6, 6.07) is 38.4. The summed E-state index contributed by atoms with van der Waals surface area (Å²) in [6.07, 6.45) is 0.592. The van der Waals surface area contributed by atoms with Gasteiger partial charge in [0.1, 0.15) is 47.8 Å². The number of carbonyl (C=O) groups is 1. The van der Waals surface area contributed by atoms with E-state index in [0.29, 0.717) is 17.5 Å². The van der Waals surface area contributed by atoms with Crippen molar-refractivity contribution in [1.82, 2.24) is 0 Å². The lowest BCUT2D eigenvalue weighted by atomic mass is 10.2. The van der Waals surface area contributed by atoms with Gasteiger partial charge in [0.15, 0.2) is 6.29 Å². The first kappa shape index (κ1) is 22.0. The lowest BCUT2D eigenvalue weighted by molar-refractivity contribution is 0.110. The number of aliphatic hydroxyl groups excluding tert-OH is 1. The molecule has 1 unspecified atom stereocenters. The minimum atomic E-state index is -2.15. The summed E-state index contributed by atoms with van der Waals surface area (Å²) in [4.78, 5) is 11.3. The topological polar surface area (TPSA) is 46.5 Å². The van der Waals surface area contributed by atoms with Crippen molar-refractivity contribution in [2.45, 2.75) is 6.10 Å². The van der Waals surface area contributed by atoms with Crippen LogP contribution in [0.1, 0.15) is 10.4 Å². The van der Waals surface area contributed by atoms with Crippen molar-refractivity contribution in [3.8, 4) is 5.75 Å². The molecule has 4 aromatic carbocycles. The van der Waals surface area contributed by atoms with Gasteiger partial charge in [-0.25, -0.2) is 0 Å². The van der Waals surface area contributed by atoms with Crippen molar-refractivity contribution in [1.29, 1.82) is 0 Å². The number of rotatable bonds is 9. The highest BCUT2D eigenvalue weighted by Crippen LogP contribution is 2.55. The Morgan fingerprint density at radius 1 is 0.688 bits per heavy atom. The highest BCUT2D eigenvalue weighted by Gasteiger charge is 2.46. The largest absolute Gasteiger partial charge is 0.490 e. The van der Waals surface area contributed by atoms with Crippen LogP contribution < -0.4 is 20.7 Å². The molecule has 0 amide bonds. The van der Waals surface area contributed by atoms with E-state index in [0.717, 1.165) is 6.29 Å². The SMILES string of the molecule is O=Cc1ccccc1OCC(O)C[P+](c1ccccc1)(c1ccccc1)c1ccccc1. The van der Waals surface area contributed by atoms with E-state index in [4.69, 9.17) is 4.74 Å². The Labute approximate surface area is 189 Å². The highest BCUT2D eigenvalue weighted by atomic mass is 31.2. The Morgan fingerprint density at radius 3 is 1.59 bits per heavy atom. The van der Waals surface area contributed by atoms with Crippen molar-refractivity contribution in [3.05, 3.63) is 121 Å². The summed E-state index contributed by atoms with van der Waals surface area (Å²) in [7, 11) is -2.15. The predicted octanol–water partition coefficient (Wildman–Crippen LogP) is 4.23. The molecule has 0 saturated heterocycles. The molecule has 0 saturated carbocycles. The second kappa shape index (κ2) is 10.4. The van der Waals surface area contributed by atoms with E-state index < -0.39 is 13.4 Å². The van der Waals surface area contributed by atoms with Crippen LogP contribution >= 0.6 is 7.26 Å². The zero-order valence-electron chi connectivity index (χ0n) is 17.7. The van der Waals surface area contributed by atoms with Crippen LogP contribution in [-0.2, 0) is 0 Å². The van der Waals surface area contributed by atoms with Crippen LogP contribution in [0.3, 0.4) is 0 Å². The van der Waals surface area contributed by atoms with Crippen molar-refractivity contribution < 1.29 is 14.6 Å². The van der Waals surface area contributed by atoms with E-state index in [1.54, 1.807) is 18.2 Å². The number of aliphatic hydroxyl groups is 1. The second-order valence-electron chi connectivity index (χ2n) is 7.62. The minimum Gasteiger partial charge on any atom is -0.490 e. The zero-order chi connectivity index (χ0) is 22.2. The maximum absolute atomic E-state index is 11.3. The molecule has 1 atom stereocenters. The van der Waals surface area contributed by atoms with Crippen molar-refractivity contribution >= 4 is 29.5 Å². The fourth-order valence-corrected chi connectivity index (χ4v) is 8.38. The molecule has 0 aromatic heterocycles. The zero-order valence-corrected chi connectivity index (χ0v) is 18.6. The molecule has 4 rings (SSSR count). The molecule has 3 nitrogen and oxygen atoms in total. The van der Waals surface area contributed by atoms with Gasteiger partial charge in [-0.05, 0) is 48.5 Å². The van der Waals surface area contributed by atoms with Crippen molar-refractivity contribution in [2.75, 3.05) is 12.8 Å². The quantitative estimate of drug-likeness (QED) is 0.312. The minimum absolute atomic E-state index is 0.110. The Hall–Kier alpha value is -3.26. The van der Waals surface area contributed by atoms with E-state index in [-0.39, 0.29) is 6.61 Å². The fourth-order valence-electron chi connectivity index (χ4n) is 4.08. The number of benzene rings is 4. The van der Waals surface area contributed by atoms with Crippen LogP contribution in [0.2, 0.25) is 0 Å². The molecular weight excluding hydrogens is 415 g/mol. The average molecular weight is 441 g/mol. The molecule has 0 spiro atoms. The first-order valence-corrected chi connectivity index (χ1v) is 12.6. The van der Waals surface area contributed by atoms with Gasteiger partial charge in [-0.3, -0.25) is 4.79 Å². The van der Waals surface area contributed by atoms with Crippen LogP contribution in [0.15, 0.2) is 115 Å². The normalized spacial score (nSPS) is 12.2. The Morgan fingerprint density at radius 2 is 1.12 bits per heavy atom. The number of para-hydroxylation sites is 1. The van der Waals surface area contributed by atoms with Crippen molar-refractivity contribution in [2.24, 2.45) is 0 Å². The number of hydrogen-bond donors (Lipinski definition) is 1. The monoisotopic (exact) mass is 441 g/mol. The van der Waals surface area contributed by atoms with E-state index in [1.165, 1.54) is 15.9 Å². The third-order valence-electron chi connectivity index (χ3n) is 5.55. The third-order valence-corrected chi connectivity index (χ3v) is 10.1. The summed E-state index contributed by atoms with van der Waals surface area (Å²) in [6.45, 7) is 0.110.